The first-order chi connectivity index (χ1) is 10.4. The van der Waals surface area contributed by atoms with Crippen LogP contribution in [0.2, 0.25) is 5.02 Å². The number of carbonyl (C=O) groups excluding carboxylic acids is 2. The van der Waals surface area contributed by atoms with E-state index >= 15 is 0 Å². The number of rotatable bonds is 5. The number of aryl methyl sites for hydroxylation is 1. The Kier molecular flexibility index (Phi) is 5.37. The van der Waals surface area contributed by atoms with E-state index < -0.39 is 5.91 Å². The van der Waals surface area contributed by atoms with Gasteiger partial charge in [-0.2, -0.15) is 5.10 Å². The Labute approximate surface area is 139 Å². The van der Waals surface area contributed by atoms with Crippen LogP contribution in [0.3, 0.4) is 0 Å². The largest absolute Gasteiger partial charge is 0.348 e. The quantitative estimate of drug-likeness (QED) is 0.639. The van der Waals surface area contributed by atoms with E-state index in [0.717, 1.165) is 0 Å². The third-order valence-electron chi connectivity index (χ3n) is 2.55. The average molecular weight is 361 g/mol. The summed E-state index contributed by atoms with van der Waals surface area (Å²) in [6.07, 6.45) is 1.39. The van der Waals surface area contributed by atoms with Crippen LogP contribution >= 0.6 is 34.7 Å². The maximum absolute atomic E-state index is 12.1. The van der Waals surface area contributed by atoms with Gasteiger partial charge in [-0.1, -0.05) is 34.7 Å². The number of carbonyl (C=O) groups is 2. The normalized spacial score (nSPS) is 10.5. The molecule has 0 radical (unpaired) electrons. The third kappa shape index (κ3) is 3.96. The van der Waals surface area contributed by atoms with Crippen molar-refractivity contribution in [1.82, 2.24) is 24.9 Å². The Morgan fingerprint density at radius 1 is 1.45 bits per heavy atom. The van der Waals surface area contributed by atoms with Gasteiger partial charge in [-0.15, -0.1) is 10.2 Å². The van der Waals surface area contributed by atoms with Gasteiger partial charge >= 0.3 is 0 Å². The molecule has 22 heavy (non-hydrogen) atoms. The molecule has 8 nitrogen and oxygen atoms in total. The molecule has 0 spiro atoms. The fourth-order valence-electron chi connectivity index (χ4n) is 1.39. The van der Waals surface area contributed by atoms with Crippen molar-refractivity contribution < 1.29 is 9.59 Å². The second kappa shape index (κ2) is 7.07. The van der Waals surface area contributed by atoms with Crippen molar-refractivity contribution >= 4 is 51.6 Å². The zero-order chi connectivity index (χ0) is 16.3. The molecular formula is C11H13ClN6O2S2. The van der Waals surface area contributed by atoms with Crippen LogP contribution in [0.5, 0.6) is 0 Å². The van der Waals surface area contributed by atoms with E-state index in [1.54, 1.807) is 21.1 Å². The highest BCUT2D eigenvalue weighted by atomic mass is 35.5. The lowest BCUT2D eigenvalue weighted by Gasteiger charge is -2.07. The lowest BCUT2D eigenvalue weighted by atomic mass is 10.4. The number of aromatic nitrogens is 4. The van der Waals surface area contributed by atoms with Gasteiger partial charge in [0.05, 0.1) is 17.0 Å². The van der Waals surface area contributed by atoms with E-state index in [-0.39, 0.29) is 22.4 Å². The average Bonchev–Trinajstić information content (AvgIpc) is 3.02. The minimum absolute atomic E-state index is 0.0209. The Hall–Kier alpha value is -1.65. The van der Waals surface area contributed by atoms with Crippen molar-refractivity contribution in [2.24, 2.45) is 7.05 Å². The van der Waals surface area contributed by atoms with Crippen LogP contribution in [0, 0.1) is 0 Å². The molecule has 11 heteroatoms. The number of amides is 2. The fraction of sp³-hybridized carbons (Fsp3) is 0.364. The number of hydrogen-bond donors (Lipinski definition) is 1. The van der Waals surface area contributed by atoms with Gasteiger partial charge in [-0.05, 0) is 0 Å². The number of halogens is 1. The summed E-state index contributed by atoms with van der Waals surface area (Å²) in [4.78, 5) is 25.1. The van der Waals surface area contributed by atoms with Crippen molar-refractivity contribution in [3.8, 4) is 0 Å². The molecule has 0 saturated heterocycles. The zero-order valence-electron chi connectivity index (χ0n) is 12.0. The molecule has 0 fully saturated rings. The van der Waals surface area contributed by atoms with Gasteiger partial charge in [0.2, 0.25) is 11.0 Å². The van der Waals surface area contributed by atoms with Gasteiger partial charge < -0.3 is 4.90 Å². The number of thioether (sulfide) groups is 1. The first-order valence-corrected chi connectivity index (χ1v) is 8.21. The summed E-state index contributed by atoms with van der Waals surface area (Å²) in [7, 11) is 4.99. The zero-order valence-corrected chi connectivity index (χ0v) is 14.4. The van der Waals surface area contributed by atoms with Crippen LogP contribution in [0.15, 0.2) is 10.5 Å². The van der Waals surface area contributed by atoms with E-state index in [4.69, 9.17) is 11.6 Å². The van der Waals surface area contributed by atoms with E-state index in [0.29, 0.717) is 9.47 Å². The Morgan fingerprint density at radius 3 is 2.77 bits per heavy atom. The molecule has 2 amide bonds. The Balaban J connectivity index is 1.97. The highest BCUT2D eigenvalue weighted by Gasteiger charge is 2.18. The first kappa shape index (κ1) is 16.7. The van der Waals surface area contributed by atoms with Crippen LogP contribution in [-0.4, -0.2) is 56.5 Å². The molecule has 0 aliphatic rings. The smallest absolute Gasteiger partial charge is 0.277 e. The second-order valence-corrected chi connectivity index (χ2v) is 6.98. The molecule has 0 aliphatic carbocycles. The maximum atomic E-state index is 12.1. The molecular weight excluding hydrogens is 348 g/mol. The van der Waals surface area contributed by atoms with Gasteiger partial charge in [0, 0.05) is 21.1 Å². The Morgan fingerprint density at radius 2 is 2.18 bits per heavy atom. The molecule has 2 heterocycles. The molecule has 0 atom stereocenters. The molecule has 2 aromatic heterocycles. The minimum Gasteiger partial charge on any atom is -0.348 e. The molecule has 118 valence electrons. The van der Waals surface area contributed by atoms with E-state index in [1.807, 2.05) is 0 Å². The van der Waals surface area contributed by atoms with Crippen LogP contribution < -0.4 is 5.32 Å². The van der Waals surface area contributed by atoms with Gasteiger partial charge in [0.1, 0.15) is 5.69 Å². The minimum atomic E-state index is -0.415. The number of anilines is 1. The van der Waals surface area contributed by atoms with Gasteiger partial charge in [-0.25, -0.2) is 0 Å². The van der Waals surface area contributed by atoms with E-state index in [9.17, 15) is 9.59 Å². The van der Waals surface area contributed by atoms with Crippen molar-refractivity contribution in [2.45, 2.75) is 4.34 Å². The summed E-state index contributed by atoms with van der Waals surface area (Å²) in [6.45, 7) is 0. The molecule has 0 unspecified atom stereocenters. The molecule has 2 rings (SSSR count). The highest BCUT2D eigenvalue weighted by molar-refractivity contribution is 8.01. The lowest BCUT2D eigenvalue weighted by molar-refractivity contribution is -0.125. The monoisotopic (exact) mass is 360 g/mol. The maximum Gasteiger partial charge on any atom is 0.277 e. The van der Waals surface area contributed by atoms with E-state index in [2.05, 4.69) is 20.6 Å². The molecule has 2 aromatic rings. The fourth-order valence-corrected chi connectivity index (χ4v) is 3.37. The SMILES string of the molecule is CN(C)C(=O)CSc1nnc(NC(=O)c2c(Cl)cnn2C)s1. The van der Waals surface area contributed by atoms with Crippen LogP contribution in [0.1, 0.15) is 10.5 Å². The first-order valence-electron chi connectivity index (χ1n) is 6.03. The molecule has 0 bridgehead atoms. The predicted molar refractivity (Wildman–Crippen MR) is 85.5 cm³/mol. The lowest BCUT2D eigenvalue weighted by Crippen LogP contribution is -2.23. The summed E-state index contributed by atoms with van der Waals surface area (Å²) in [6, 6.07) is 0. The number of hydrogen-bond acceptors (Lipinski definition) is 7. The van der Waals surface area contributed by atoms with Crippen LogP contribution in [0.4, 0.5) is 5.13 Å². The Bertz CT molecular complexity index is 679. The predicted octanol–water partition coefficient (Wildman–Crippen LogP) is 1.36. The third-order valence-corrected chi connectivity index (χ3v) is 4.79. The van der Waals surface area contributed by atoms with Crippen molar-refractivity contribution in [3.63, 3.8) is 0 Å². The van der Waals surface area contributed by atoms with Crippen molar-refractivity contribution in [2.75, 3.05) is 25.2 Å². The highest BCUT2D eigenvalue weighted by Crippen LogP contribution is 2.26. The molecule has 0 aromatic carbocycles. The summed E-state index contributed by atoms with van der Waals surface area (Å²) in [5.41, 5.74) is 0.244. The number of nitrogens with one attached hydrogen (secondary N) is 1. The topological polar surface area (TPSA) is 93.0 Å². The van der Waals surface area contributed by atoms with E-state index in [1.165, 1.54) is 38.9 Å². The van der Waals surface area contributed by atoms with Crippen LogP contribution in [-0.2, 0) is 11.8 Å². The summed E-state index contributed by atoms with van der Waals surface area (Å²) in [5, 5.41) is 14.9. The van der Waals surface area contributed by atoms with Crippen LogP contribution in [0.25, 0.3) is 0 Å². The molecule has 0 aliphatic heterocycles. The standard InChI is InChI=1S/C11H13ClN6O2S2/c1-17(2)7(19)5-21-11-16-15-10(22-11)14-9(20)8-6(12)4-13-18(8)3/h4H,5H2,1-3H3,(H,14,15,20). The summed E-state index contributed by atoms with van der Waals surface area (Å²) < 4.78 is 1.98. The van der Waals surface area contributed by atoms with Crippen molar-refractivity contribution in [1.29, 1.82) is 0 Å². The second-order valence-electron chi connectivity index (χ2n) is 4.37. The summed E-state index contributed by atoms with van der Waals surface area (Å²) >= 11 is 8.36. The molecule has 0 saturated carbocycles. The number of nitrogens with zero attached hydrogens (tertiary/aromatic N) is 5. The van der Waals surface area contributed by atoms with Gasteiger partial charge in [0.15, 0.2) is 4.34 Å². The summed E-state index contributed by atoms with van der Waals surface area (Å²) in [5.74, 6) is -0.169. The molecule has 1 N–H and O–H groups in total. The van der Waals surface area contributed by atoms with Crippen molar-refractivity contribution in [3.05, 3.63) is 16.9 Å². The van der Waals surface area contributed by atoms with Gasteiger partial charge in [0.25, 0.3) is 5.91 Å². The van der Waals surface area contributed by atoms with Gasteiger partial charge in [-0.3, -0.25) is 19.6 Å².